The van der Waals surface area contributed by atoms with Crippen LogP contribution in [0.15, 0.2) is 315 Å². The third-order valence-electron chi connectivity index (χ3n) is 15.9. The number of fused-ring (bicyclic) bond motifs is 3. The number of hydrogen-bond donors (Lipinski definition) is 0. The average Bonchev–Trinajstić information content (AvgIpc) is 3.63. The van der Waals surface area contributed by atoms with Crippen LogP contribution >= 0.6 is 0 Å². The van der Waals surface area contributed by atoms with E-state index in [1.165, 1.54) is 44.5 Å². The summed E-state index contributed by atoms with van der Waals surface area (Å²) in [5.74, 6) is 0. The maximum Gasteiger partial charge on any atom is 0.0463 e. The van der Waals surface area contributed by atoms with Crippen molar-refractivity contribution < 1.29 is 0 Å². The highest BCUT2D eigenvalue weighted by atomic mass is 15.2. The molecule has 4 nitrogen and oxygen atoms in total. The third-order valence-corrected chi connectivity index (χ3v) is 15.9. The molecule has 4 heteroatoms. The summed E-state index contributed by atoms with van der Waals surface area (Å²) < 4.78 is 0. The number of benzene rings is 12. The number of para-hydroxylation sites is 6. The lowest BCUT2D eigenvalue weighted by Crippen LogP contribution is -2.31. The standard InChI is InChI=1S/C77H62N4/c1-57-33-51-73-74-52-34-58(2)54-76(74)77(75(73)53-57,55-59-35-39-67(40-36-59)80(65-29-17-7-18-30-65)71-47-43-69(44-48-71)78(61-21-9-3-10-22-61)62-23-11-4-12-24-62)56-60-37-41-68(42-38-60)81(66-31-19-8-20-32-66)72-49-45-70(46-50-72)79(63-25-13-5-14-26-63)64-27-15-6-16-28-64/h3-54H,55-56H2,1-2H3. The van der Waals surface area contributed by atoms with Gasteiger partial charge in [0.25, 0.3) is 0 Å². The lowest BCUT2D eigenvalue weighted by Gasteiger charge is -2.34. The van der Waals surface area contributed by atoms with Gasteiger partial charge in [-0.05, 0) is 206 Å². The Kier molecular flexibility index (Phi) is 13.9. The molecule has 81 heavy (non-hydrogen) atoms. The van der Waals surface area contributed by atoms with Crippen LogP contribution in [0, 0.1) is 13.8 Å². The summed E-state index contributed by atoms with van der Waals surface area (Å²) in [6.45, 7) is 4.47. The predicted molar refractivity (Wildman–Crippen MR) is 341 cm³/mol. The van der Waals surface area contributed by atoms with Crippen molar-refractivity contribution in [2.75, 3.05) is 19.6 Å². The molecule has 0 fully saturated rings. The minimum Gasteiger partial charge on any atom is -0.311 e. The van der Waals surface area contributed by atoms with Gasteiger partial charge >= 0.3 is 0 Å². The molecule has 390 valence electrons. The van der Waals surface area contributed by atoms with Crippen LogP contribution in [-0.2, 0) is 18.3 Å². The zero-order valence-electron chi connectivity index (χ0n) is 45.7. The van der Waals surface area contributed by atoms with Crippen LogP contribution in [0.4, 0.5) is 68.2 Å². The smallest absolute Gasteiger partial charge is 0.0463 e. The van der Waals surface area contributed by atoms with E-state index in [1.54, 1.807) is 0 Å². The van der Waals surface area contributed by atoms with E-state index in [0.717, 1.165) is 81.1 Å². The third kappa shape index (κ3) is 10.2. The van der Waals surface area contributed by atoms with Crippen LogP contribution in [0.2, 0.25) is 0 Å². The van der Waals surface area contributed by atoms with Crippen molar-refractivity contribution in [1.29, 1.82) is 0 Å². The highest BCUT2D eigenvalue weighted by Crippen LogP contribution is 2.53. The monoisotopic (exact) mass is 1040 g/mol. The fourth-order valence-corrected chi connectivity index (χ4v) is 12.1. The van der Waals surface area contributed by atoms with Crippen molar-refractivity contribution in [3.05, 3.63) is 349 Å². The highest BCUT2D eigenvalue weighted by molar-refractivity contribution is 5.85. The van der Waals surface area contributed by atoms with Crippen molar-refractivity contribution in [3.8, 4) is 11.1 Å². The van der Waals surface area contributed by atoms with Crippen molar-refractivity contribution in [2.45, 2.75) is 32.1 Å². The lowest BCUT2D eigenvalue weighted by molar-refractivity contribution is 0.519. The maximum absolute atomic E-state index is 2.46. The highest BCUT2D eigenvalue weighted by Gasteiger charge is 2.43. The zero-order chi connectivity index (χ0) is 54.5. The van der Waals surface area contributed by atoms with Gasteiger partial charge in [0.1, 0.15) is 0 Å². The zero-order valence-corrected chi connectivity index (χ0v) is 45.7. The number of anilines is 12. The van der Waals surface area contributed by atoms with Gasteiger partial charge in [-0.2, -0.15) is 0 Å². The maximum atomic E-state index is 2.46. The van der Waals surface area contributed by atoms with Gasteiger partial charge in [0, 0.05) is 73.7 Å². The molecule has 0 saturated heterocycles. The molecule has 0 N–H and O–H groups in total. The van der Waals surface area contributed by atoms with Gasteiger partial charge in [0.15, 0.2) is 0 Å². The SMILES string of the molecule is Cc1ccc2c(c1)C(Cc1ccc(N(c3ccccc3)c3ccc(N(c4ccccc4)c4ccccc4)cc3)cc1)(Cc1ccc(N(c3ccccc3)c3ccc(N(c4ccccc4)c4ccccc4)cc3)cc1)c1cc(C)ccc1-2. The second-order valence-electron chi connectivity index (χ2n) is 21.3. The van der Waals surface area contributed by atoms with Gasteiger partial charge in [-0.1, -0.05) is 181 Å². The normalized spacial score (nSPS) is 12.0. The molecule has 1 aliphatic rings. The Morgan fingerprint density at radius 3 is 0.642 bits per heavy atom. The minimum absolute atomic E-state index is 0.331. The predicted octanol–water partition coefficient (Wildman–Crippen LogP) is 20.9. The topological polar surface area (TPSA) is 13.0 Å². The molecule has 0 spiro atoms. The Bertz CT molecular complexity index is 3670. The molecular formula is C77H62N4. The molecule has 13 rings (SSSR count). The molecular weight excluding hydrogens is 981 g/mol. The van der Waals surface area contributed by atoms with Crippen LogP contribution in [0.5, 0.6) is 0 Å². The summed E-state index contributed by atoms with van der Waals surface area (Å²) in [5.41, 5.74) is 23.5. The fourth-order valence-electron chi connectivity index (χ4n) is 12.1. The molecule has 0 aliphatic heterocycles. The summed E-state index contributed by atoms with van der Waals surface area (Å²) >= 11 is 0. The van der Waals surface area contributed by atoms with Crippen LogP contribution in [0.3, 0.4) is 0 Å². The van der Waals surface area contributed by atoms with Crippen LogP contribution in [-0.4, -0.2) is 0 Å². The quantitative estimate of drug-likeness (QED) is 0.0956. The molecule has 0 bridgehead atoms. The Morgan fingerprint density at radius 1 is 0.222 bits per heavy atom. The molecule has 0 saturated carbocycles. The molecule has 0 radical (unpaired) electrons. The summed E-state index contributed by atoms with van der Waals surface area (Å²) in [6, 6.07) is 115. The molecule has 12 aromatic carbocycles. The van der Waals surface area contributed by atoms with E-state index in [2.05, 4.69) is 349 Å². The van der Waals surface area contributed by atoms with E-state index in [9.17, 15) is 0 Å². The van der Waals surface area contributed by atoms with Gasteiger partial charge < -0.3 is 19.6 Å². The number of rotatable bonds is 16. The Morgan fingerprint density at radius 2 is 0.420 bits per heavy atom. The van der Waals surface area contributed by atoms with E-state index in [1.807, 2.05) is 0 Å². The van der Waals surface area contributed by atoms with Crippen LogP contribution < -0.4 is 19.6 Å². The molecule has 1 aliphatic carbocycles. The van der Waals surface area contributed by atoms with Gasteiger partial charge in [-0.15, -0.1) is 0 Å². The molecule has 0 unspecified atom stereocenters. The first kappa shape index (κ1) is 50.4. The Balaban J connectivity index is 0.844. The summed E-state index contributed by atoms with van der Waals surface area (Å²) in [7, 11) is 0. The van der Waals surface area contributed by atoms with E-state index >= 15 is 0 Å². The van der Waals surface area contributed by atoms with Gasteiger partial charge in [-0.25, -0.2) is 0 Å². The van der Waals surface area contributed by atoms with Crippen molar-refractivity contribution in [2.24, 2.45) is 0 Å². The largest absolute Gasteiger partial charge is 0.311 e. The first-order valence-corrected chi connectivity index (χ1v) is 28.1. The van der Waals surface area contributed by atoms with Crippen molar-refractivity contribution >= 4 is 68.2 Å². The molecule has 0 heterocycles. The van der Waals surface area contributed by atoms with Crippen molar-refractivity contribution in [3.63, 3.8) is 0 Å². The molecule has 0 aromatic heterocycles. The van der Waals surface area contributed by atoms with E-state index in [-0.39, 0.29) is 5.41 Å². The van der Waals surface area contributed by atoms with Gasteiger partial charge in [0.05, 0.1) is 0 Å². The molecule has 0 atom stereocenters. The van der Waals surface area contributed by atoms with Gasteiger partial charge in [-0.3, -0.25) is 0 Å². The number of nitrogens with zero attached hydrogens (tertiary/aromatic N) is 4. The lowest BCUT2D eigenvalue weighted by atomic mass is 9.69. The first-order chi connectivity index (χ1) is 40.0. The second-order valence-corrected chi connectivity index (χ2v) is 21.3. The van der Waals surface area contributed by atoms with Crippen LogP contribution in [0.25, 0.3) is 11.1 Å². The molecule has 12 aromatic rings. The summed E-state index contributed by atoms with van der Waals surface area (Å²) in [4.78, 5) is 9.35. The number of hydrogen-bond acceptors (Lipinski definition) is 4. The van der Waals surface area contributed by atoms with E-state index < -0.39 is 0 Å². The van der Waals surface area contributed by atoms with Gasteiger partial charge in [0.2, 0.25) is 0 Å². The van der Waals surface area contributed by atoms with Crippen LogP contribution in [0.1, 0.15) is 33.4 Å². The average molecular weight is 1040 g/mol. The number of aryl methyl sites for hydroxylation is 2. The second kappa shape index (κ2) is 22.3. The minimum atomic E-state index is -0.331. The summed E-state index contributed by atoms with van der Waals surface area (Å²) in [6.07, 6.45) is 1.67. The first-order valence-electron chi connectivity index (χ1n) is 28.1. The van der Waals surface area contributed by atoms with E-state index in [4.69, 9.17) is 0 Å². The Labute approximate surface area is 477 Å². The van der Waals surface area contributed by atoms with Crippen molar-refractivity contribution in [1.82, 2.24) is 0 Å². The Hall–Kier alpha value is -10.2. The van der Waals surface area contributed by atoms with E-state index in [0.29, 0.717) is 0 Å². The molecule has 0 amide bonds. The summed E-state index contributed by atoms with van der Waals surface area (Å²) in [5, 5.41) is 0. The fraction of sp³-hybridized carbons (Fsp3) is 0.0649.